The standard InChI is InChI=1S/C22H22N2O5S/c1-3-17(25)14-19-21(22(23-29-19)16-8-6-5-7-9-16)15-10-12-18(13-11-15)30(27,28)24-20(26)4-2/h5-13H,3-4,14H2,1-2H3,(H,24,26). The SMILES string of the molecule is CCC(=O)Cc1onc(-c2ccccc2)c1-c1ccc(S(=O)(=O)NC(=O)CC)cc1. The lowest BCUT2D eigenvalue weighted by Crippen LogP contribution is -2.29. The van der Waals surface area contributed by atoms with Crippen LogP contribution in [-0.4, -0.2) is 25.3 Å². The van der Waals surface area contributed by atoms with Crippen molar-refractivity contribution in [3.05, 3.63) is 60.4 Å². The first kappa shape index (κ1) is 21.4. The molecule has 0 spiro atoms. The molecule has 0 atom stereocenters. The number of hydrogen-bond acceptors (Lipinski definition) is 6. The van der Waals surface area contributed by atoms with E-state index in [1.807, 2.05) is 35.1 Å². The lowest BCUT2D eigenvalue weighted by molar-refractivity contribution is -0.119. The highest BCUT2D eigenvalue weighted by atomic mass is 32.2. The van der Waals surface area contributed by atoms with Gasteiger partial charge < -0.3 is 4.52 Å². The zero-order chi connectivity index (χ0) is 21.7. The molecule has 0 aliphatic rings. The van der Waals surface area contributed by atoms with Crippen molar-refractivity contribution in [2.24, 2.45) is 0 Å². The van der Waals surface area contributed by atoms with Gasteiger partial charge in [-0.15, -0.1) is 0 Å². The fourth-order valence-electron chi connectivity index (χ4n) is 2.92. The fourth-order valence-corrected chi connectivity index (χ4v) is 3.98. The highest BCUT2D eigenvalue weighted by Gasteiger charge is 2.22. The van der Waals surface area contributed by atoms with Gasteiger partial charge in [0, 0.05) is 18.4 Å². The quantitative estimate of drug-likeness (QED) is 0.588. The normalized spacial score (nSPS) is 11.3. The molecule has 30 heavy (non-hydrogen) atoms. The molecular formula is C22H22N2O5S. The average molecular weight is 426 g/mol. The monoisotopic (exact) mass is 426 g/mol. The molecule has 0 aliphatic heterocycles. The maximum absolute atomic E-state index is 12.3. The topological polar surface area (TPSA) is 106 Å². The van der Waals surface area contributed by atoms with E-state index in [-0.39, 0.29) is 23.5 Å². The van der Waals surface area contributed by atoms with Crippen LogP contribution in [-0.2, 0) is 26.0 Å². The zero-order valence-electron chi connectivity index (χ0n) is 16.7. The molecule has 0 bridgehead atoms. The number of amides is 1. The number of aromatic nitrogens is 1. The van der Waals surface area contributed by atoms with Gasteiger partial charge in [0.25, 0.3) is 10.0 Å². The lowest BCUT2D eigenvalue weighted by Gasteiger charge is -2.08. The summed E-state index contributed by atoms with van der Waals surface area (Å²) < 4.78 is 32.2. The molecule has 3 aromatic rings. The van der Waals surface area contributed by atoms with Gasteiger partial charge >= 0.3 is 0 Å². The molecule has 7 nitrogen and oxygen atoms in total. The summed E-state index contributed by atoms with van der Waals surface area (Å²) in [6.07, 6.45) is 0.528. The van der Waals surface area contributed by atoms with E-state index < -0.39 is 15.9 Å². The first-order valence-corrected chi connectivity index (χ1v) is 11.1. The molecule has 156 valence electrons. The summed E-state index contributed by atoms with van der Waals surface area (Å²) in [7, 11) is -3.95. The Morgan fingerprint density at radius 3 is 2.20 bits per heavy atom. The molecule has 2 aromatic carbocycles. The van der Waals surface area contributed by atoms with E-state index in [1.165, 1.54) is 12.1 Å². The molecule has 0 radical (unpaired) electrons. The van der Waals surface area contributed by atoms with Crippen molar-refractivity contribution in [2.45, 2.75) is 38.0 Å². The van der Waals surface area contributed by atoms with E-state index in [0.717, 1.165) is 5.56 Å². The zero-order valence-corrected chi connectivity index (χ0v) is 17.5. The van der Waals surface area contributed by atoms with Crippen molar-refractivity contribution in [2.75, 3.05) is 0 Å². The molecule has 0 fully saturated rings. The predicted molar refractivity (Wildman–Crippen MR) is 112 cm³/mol. The van der Waals surface area contributed by atoms with Crippen LogP contribution in [0.25, 0.3) is 22.4 Å². The van der Waals surface area contributed by atoms with Crippen molar-refractivity contribution in [3.63, 3.8) is 0 Å². The highest BCUT2D eigenvalue weighted by molar-refractivity contribution is 7.90. The maximum Gasteiger partial charge on any atom is 0.264 e. The Bertz CT molecular complexity index is 1150. The predicted octanol–water partition coefficient (Wildman–Crippen LogP) is 3.75. The Kier molecular flexibility index (Phi) is 6.47. The lowest BCUT2D eigenvalue weighted by atomic mass is 9.97. The van der Waals surface area contributed by atoms with Crippen molar-refractivity contribution in [3.8, 4) is 22.4 Å². The Labute approximate surface area is 175 Å². The van der Waals surface area contributed by atoms with E-state index in [2.05, 4.69) is 5.16 Å². The molecule has 1 N–H and O–H groups in total. The van der Waals surface area contributed by atoms with Crippen LogP contribution in [0.1, 0.15) is 32.4 Å². The van der Waals surface area contributed by atoms with E-state index in [0.29, 0.717) is 29.0 Å². The summed E-state index contributed by atoms with van der Waals surface area (Å²) in [6, 6.07) is 15.4. The molecule has 0 unspecified atom stereocenters. The van der Waals surface area contributed by atoms with Gasteiger partial charge in [0.05, 0.1) is 16.9 Å². The molecular weight excluding hydrogens is 404 g/mol. The minimum absolute atomic E-state index is 0.00786. The number of hydrogen-bond donors (Lipinski definition) is 1. The third-order valence-electron chi connectivity index (χ3n) is 4.58. The summed E-state index contributed by atoms with van der Waals surface area (Å²) in [6.45, 7) is 3.35. The Hall–Kier alpha value is -3.26. The van der Waals surface area contributed by atoms with Crippen LogP contribution >= 0.6 is 0 Å². The number of benzene rings is 2. The maximum atomic E-state index is 12.3. The molecule has 0 aliphatic carbocycles. The fraction of sp³-hybridized carbons (Fsp3) is 0.227. The number of carbonyl (C=O) groups is 2. The number of rotatable bonds is 8. The van der Waals surface area contributed by atoms with Gasteiger partial charge in [-0.05, 0) is 17.7 Å². The molecule has 8 heteroatoms. The van der Waals surface area contributed by atoms with Gasteiger partial charge in [-0.2, -0.15) is 0 Å². The van der Waals surface area contributed by atoms with Crippen molar-refractivity contribution < 1.29 is 22.5 Å². The highest BCUT2D eigenvalue weighted by Crippen LogP contribution is 2.35. The number of nitrogens with one attached hydrogen (secondary N) is 1. The first-order valence-electron chi connectivity index (χ1n) is 9.57. The van der Waals surface area contributed by atoms with E-state index in [9.17, 15) is 18.0 Å². The minimum atomic E-state index is -3.95. The molecule has 1 amide bonds. The smallest absolute Gasteiger partial charge is 0.264 e. The minimum Gasteiger partial charge on any atom is -0.360 e. The van der Waals surface area contributed by atoms with Gasteiger partial charge in [-0.1, -0.05) is 61.5 Å². The van der Waals surface area contributed by atoms with E-state index in [1.54, 1.807) is 26.0 Å². The molecule has 1 aromatic heterocycles. The van der Waals surface area contributed by atoms with Crippen molar-refractivity contribution in [1.82, 2.24) is 9.88 Å². The number of Topliss-reactive ketones (excluding diaryl/α,β-unsaturated/α-hetero) is 1. The number of carbonyl (C=O) groups excluding carboxylic acids is 2. The van der Waals surface area contributed by atoms with Gasteiger partial charge in [0.1, 0.15) is 11.5 Å². The first-order chi connectivity index (χ1) is 14.4. The third-order valence-corrected chi connectivity index (χ3v) is 5.97. The number of nitrogens with zero attached hydrogens (tertiary/aromatic N) is 1. The Morgan fingerprint density at radius 1 is 0.933 bits per heavy atom. The van der Waals surface area contributed by atoms with Gasteiger partial charge in [-0.3, -0.25) is 9.59 Å². The van der Waals surface area contributed by atoms with Crippen molar-refractivity contribution >= 4 is 21.7 Å². The summed E-state index contributed by atoms with van der Waals surface area (Å²) in [4.78, 5) is 23.5. The van der Waals surface area contributed by atoms with Gasteiger partial charge in [0.15, 0.2) is 5.76 Å². The molecule has 0 saturated heterocycles. The van der Waals surface area contributed by atoms with Crippen LogP contribution in [0.3, 0.4) is 0 Å². The molecule has 1 heterocycles. The van der Waals surface area contributed by atoms with Crippen LogP contribution in [0.4, 0.5) is 0 Å². The summed E-state index contributed by atoms with van der Waals surface area (Å²) in [5.74, 6) is -0.145. The van der Waals surface area contributed by atoms with Gasteiger partial charge in [0.2, 0.25) is 5.91 Å². The van der Waals surface area contributed by atoms with Crippen LogP contribution in [0.5, 0.6) is 0 Å². The third kappa shape index (κ3) is 4.65. The van der Waals surface area contributed by atoms with Crippen LogP contribution in [0.2, 0.25) is 0 Å². The molecule has 3 rings (SSSR count). The van der Waals surface area contributed by atoms with E-state index >= 15 is 0 Å². The Morgan fingerprint density at radius 2 is 1.60 bits per heavy atom. The van der Waals surface area contributed by atoms with Crippen LogP contribution < -0.4 is 4.72 Å². The Balaban J connectivity index is 2.04. The summed E-state index contributed by atoms with van der Waals surface area (Å²) >= 11 is 0. The average Bonchev–Trinajstić information content (AvgIpc) is 3.17. The largest absolute Gasteiger partial charge is 0.360 e. The summed E-state index contributed by atoms with van der Waals surface area (Å²) in [5, 5.41) is 4.17. The number of ketones is 1. The van der Waals surface area contributed by atoms with E-state index in [4.69, 9.17) is 4.52 Å². The van der Waals surface area contributed by atoms with Gasteiger partial charge in [-0.25, -0.2) is 13.1 Å². The summed E-state index contributed by atoms with van der Waals surface area (Å²) in [5.41, 5.74) is 2.70. The van der Waals surface area contributed by atoms with Crippen molar-refractivity contribution in [1.29, 1.82) is 0 Å². The second-order valence-corrected chi connectivity index (χ2v) is 8.35. The second-order valence-electron chi connectivity index (χ2n) is 6.67. The van der Waals surface area contributed by atoms with Crippen LogP contribution in [0.15, 0.2) is 64.0 Å². The molecule has 0 saturated carbocycles. The second kappa shape index (κ2) is 9.04. The number of sulfonamides is 1. The van der Waals surface area contributed by atoms with Crippen LogP contribution in [0, 0.1) is 0 Å².